The summed E-state index contributed by atoms with van der Waals surface area (Å²) in [6, 6.07) is 14.6. The SMILES string of the molecule is COCO[C@H]1c2c(Cl)ccc([C@H]3CC[C@H](F)c4cc(F)cc(C#N)c43)c2CC1(F)F.Cc1ccc([C@H]2CC[C@H](F)c3cc(F)cc(C#N)c32)c2c1[C@H](O)C(F)(F)C2. The van der Waals surface area contributed by atoms with E-state index in [2.05, 4.69) is 0 Å². The number of rotatable bonds is 5. The number of fused-ring (bicyclic) bond motifs is 4. The molecule has 0 aromatic heterocycles. The zero-order chi connectivity index (χ0) is 41.1. The Morgan fingerprint density at radius 2 is 1.21 bits per heavy atom. The van der Waals surface area contributed by atoms with Crippen molar-refractivity contribution < 1.29 is 49.7 Å². The summed E-state index contributed by atoms with van der Waals surface area (Å²) in [7, 11) is 1.33. The molecule has 0 amide bonds. The highest BCUT2D eigenvalue weighted by Gasteiger charge is 2.52. The summed E-state index contributed by atoms with van der Waals surface area (Å²) >= 11 is 6.27. The van der Waals surface area contributed by atoms with Gasteiger partial charge in [0.25, 0.3) is 11.8 Å². The lowest BCUT2D eigenvalue weighted by Crippen LogP contribution is -2.25. The first-order chi connectivity index (χ1) is 27.0. The Balaban J connectivity index is 0.000000175. The Kier molecular flexibility index (Phi) is 10.9. The number of nitriles is 2. The van der Waals surface area contributed by atoms with Gasteiger partial charge in [-0.05, 0) is 119 Å². The first kappa shape index (κ1) is 40.7. The van der Waals surface area contributed by atoms with Gasteiger partial charge in [-0.1, -0.05) is 29.8 Å². The second-order valence-electron chi connectivity index (χ2n) is 15.0. The molecule has 0 unspecified atom stereocenters. The molecule has 8 rings (SSSR count). The number of hydrogen-bond donors (Lipinski definition) is 1. The van der Waals surface area contributed by atoms with E-state index in [1.54, 1.807) is 25.1 Å². The molecule has 1 N–H and O–H groups in total. The van der Waals surface area contributed by atoms with Crippen molar-refractivity contribution >= 4 is 11.6 Å². The number of halogens is 9. The Morgan fingerprint density at radius 3 is 1.72 bits per heavy atom. The van der Waals surface area contributed by atoms with Crippen molar-refractivity contribution in [2.45, 2.75) is 93.7 Å². The van der Waals surface area contributed by atoms with Crippen molar-refractivity contribution in [2.24, 2.45) is 0 Å². The van der Waals surface area contributed by atoms with Crippen LogP contribution in [0.4, 0.5) is 35.1 Å². The molecule has 0 radical (unpaired) electrons. The molecule has 6 atom stereocenters. The fraction of sp³-hybridized carbons (Fsp3) is 0.395. The van der Waals surface area contributed by atoms with E-state index in [9.17, 15) is 50.8 Å². The third kappa shape index (κ3) is 7.07. The molecule has 0 saturated carbocycles. The number of nitrogens with zero attached hydrogens (tertiary/aromatic N) is 2. The third-order valence-electron chi connectivity index (χ3n) is 11.6. The second-order valence-corrected chi connectivity index (χ2v) is 15.4. The summed E-state index contributed by atoms with van der Waals surface area (Å²) < 4.78 is 125. The number of aliphatic hydroxyl groups excluding tert-OH is 1. The summed E-state index contributed by atoms with van der Waals surface area (Å²) in [6.45, 7) is 1.34. The molecule has 4 aliphatic rings. The molecule has 0 aliphatic heterocycles. The van der Waals surface area contributed by atoms with Crippen molar-refractivity contribution in [3.63, 3.8) is 0 Å². The molecule has 57 heavy (non-hydrogen) atoms. The fourth-order valence-electron chi connectivity index (χ4n) is 9.19. The molecule has 0 bridgehead atoms. The van der Waals surface area contributed by atoms with E-state index in [0.29, 0.717) is 51.8 Å². The molecule has 0 saturated heterocycles. The lowest BCUT2D eigenvalue weighted by atomic mass is 9.74. The monoisotopic (exact) mass is 814 g/mol. The van der Waals surface area contributed by atoms with Gasteiger partial charge in [0.1, 0.15) is 36.9 Å². The van der Waals surface area contributed by atoms with E-state index >= 15 is 0 Å². The lowest BCUT2D eigenvalue weighted by Gasteiger charge is -2.30. The molecule has 4 aromatic rings. The lowest BCUT2D eigenvalue weighted by molar-refractivity contribution is -0.169. The van der Waals surface area contributed by atoms with Crippen molar-refractivity contribution in [1.29, 1.82) is 10.5 Å². The van der Waals surface area contributed by atoms with Crippen molar-refractivity contribution in [3.8, 4) is 12.1 Å². The average molecular weight is 815 g/mol. The third-order valence-corrected chi connectivity index (χ3v) is 11.9. The number of benzene rings is 4. The highest BCUT2D eigenvalue weighted by molar-refractivity contribution is 6.31. The van der Waals surface area contributed by atoms with Crippen LogP contribution >= 0.6 is 11.6 Å². The maximum absolute atomic E-state index is 14.8. The molecule has 4 aliphatic carbocycles. The zero-order valence-corrected chi connectivity index (χ0v) is 31.3. The van der Waals surface area contributed by atoms with Gasteiger partial charge in [0.2, 0.25) is 0 Å². The van der Waals surface area contributed by atoms with E-state index in [1.165, 1.54) is 13.2 Å². The van der Waals surface area contributed by atoms with Gasteiger partial charge in [-0.15, -0.1) is 0 Å². The van der Waals surface area contributed by atoms with E-state index < -0.39 is 72.7 Å². The summed E-state index contributed by atoms with van der Waals surface area (Å²) in [5, 5.41) is 29.2. The molecule has 5 nitrogen and oxygen atoms in total. The minimum Gasteiger partial charge on any atom is -0.382 e. The first-order valence-corrected chi connectivity index (χ1v) is 18.6. The quantitative estimate of drug-likeness (QED) is 0.160. The number of methoxy groups -OCH3 is 1. The maximum atomic E-state index is 14.8. The van der Waals surface area contributed by atoms with Crippen LogP contribution in [0.2, 0.25) is 5.02 Å². The van der Waals surface area contributed by atoms with E-state index in [-0.39, 0.29) is 58.0 Å². The molecule has 0 spiro atoms. The highest BCUT2D eigenvalue weighted by Crippen LogP contribution is 2.54. The Morgan fingerprint density at radius 1 is 0.719 bits per heavy atom. The van der Waals surface area contributed by atoms with Gasteiger partial charge < -0.3 is 14.6 Å². The Hall–Kier alpha value is -4.53. The number of ether oxygens (including phenoxy) is 2. The molecule has 0 heterocycles. The Bertz CT molecular complexity index is 2340. The predicted molar refractivity (Wildman–Crippen MR) is 193 cm³/mol. The largest absolute Gasteiger partial charge is 0.382 e. The van der Waals surface area contributed by atoms with Crippen LogP contribution in [-0.2, 0) is 22.3 Å². The maximum Gasteiger partial charge on any atom is 0.282 e. The van der Waals surface area contributed by atoms with E-state index in [4.69, 9.17) is 21.1 Å². The molecule has 14 heteroatoms. The van der Waals surface area contributed by atoms with Crippen LogP contribution in [0.25, 0.3) is 0 Å². The van der Waals surface area contributed by atoms with Crippen LogP contribution in [-0.4, -0.2) is 30.9 Å². The molecular weight excluding hydrogens is 780 g/mol. The van der Waals surface area contributed by atoms with E-state index in [1.807, 2.05) is 12.1 Å². The van der Waals surface area contributed by atoms with Crippen LogP contribution in [0.15, 0.2) is 48.5 Å². The van der Waals surface area contributed by atoms with Crippen LogP contribution in [0, 0.1) is 41.2 Å². The number of hydrogen-bond acceptors (Lipinski definition) is 5. The van der Waals surface area contributed by atoms with Crippen molar-refractivity contribution in [3.05, 3.63) is 138 Å². The van der Waals surface area contributed by atoms with Gasteiger partial charge in [0.05, 0.1) is 23.3 Å². The summed E-state index contributed by atoms with van der Waals surface area (Å²) in [6.07, 6.45) is -6.62. The number of aliphatic hydroxyl groups is 1. The minimum atomic E-state index is -3.27. The summed E-state index contributed by atoms with van der Waals surface area (Å²) in [5.74, 6) is -8.88. The van der Waals surface area contributed by atoms with Gasteiger partial charge in [-0.3, -0.25) is 0 Å². The first-order valence-electron chi connectivity index (χ1n) is 18.3. The fourth-order valence-corrected chi connectivity index (χ4v) is 9.47. The average Bonchev–Trinajstić information content (AvgIpc) is 3.59. The van der Waals surface area contributed by atoms with E-state index in [0.717, 1.165) is 24.3 Å². The van der Waals surface area contributed by atoms with Gasteiger partial charge in [-0.25, -0.2) is 35.1 Å². The van der Waals surface area contributed by atoms with Crippen LogP contribution in [0.3, 0.4) is 0 Å². The Labute approximate surface area is 328 Å². The van der Waals surface area contributed by atoms with Crippen molar-refractivity contribution in [1.82, 2.24) is 0 Å². The second kappa shape index (κ2) is 15.3. The zero-order valence-electron chi connectivity index (χ0n) is 30.6. The number of aryl methyl sites for hydroxylation is 1. The van der Waals surface area contributed by atoms with Crippen LogP contribution < -0.4 is 0 Å². The van der Waals surface area contributed by atoms with Crippen LogP contribution in [0.5, 0.6) is 0 Å². The van der Waals surface area contributed by atoms with Gasteiger partial charge >= 0.3 is 0 Å². The standard InChI is InChI=1S/C22H18ClF4NO2.C21H17F4NO/c1-29-10-30-21-20-16(8-22(21,26)27)13(2-4-17(20)23)14-3-5-18(25)15-7-12(24)6-11(9-28)19(14)15;1-10-2-3-13(16-8-21(24,25)20(27)18(10)16)14-4-5-17(23)15-7-12(22)6-11(9-26)19(14)15/h2,4,6-7,14,18,21H,3,5,8,10H2,1H3;2-3,6-7,14,17,20,27H,4-5,8H2,1H3/t14-,18+,21+;14-,17+,20+/m11/s1. The summed E-state index contributed by atoms with van der Waals surface area (Å²) in [4.78, 5) is 0. The molecule has 298 valence electrons. The van der Waals surface area contributed by atoms with Gasteiger partial charge in [-0.2, -0.15) is 10.5 Å². The molecular formula is C43H35ClF8N2O3. The normalized spacial score (nSPS) is 24.9. The minimum absolute atomic E-state index is 0.0120. The van der Waals surface area contributed by atoms with Gasteiger partial charge in [0, 0.05) is 42.4 Å². The van der Waals surface area contributed by atoms with Crippen molar-refractivity contribution in [2.75, 3.05) is 13.9 Å². The topological polar surface area (TPSA) is 86.3 Å². The van der Waals surface area contributed by atoms with Crippen LogP contribution in [0.1, 0.15) is 134 Å². The molecule has 0 fully saturated rings. The van der Waals surface area contributed by atoms with Gasteiger partial charge in [0.15, 0.2) is 6.10 Å². The number of alkyl halides is 6. The highest BCUT2D eigenvalue weighted by atomic mass is 35.5. The molecule has 4 aromatic carbocycles. The smallest absolute Gasteiger partial charge is 0.282 e. The summed E-state index contributed by atoms with van der Waals surface area (Å²) in [5.41, 5.74) is 3.71. The predicted octanol–water partition coefficient (Wildman–Crippen LogP) is 11.3.